The molecular weight excluding hydrogens is 375 g/mol. The summed E-state index contributed by atoms with van der Waals surface area (Å²) < 4.78 is 10.2. The Labute approximate surface area is 148 Å². The van der Waals surface area contributed by atoms with Crippen LogP contribution in [0.4, 0.5) is 0 Å². The third-order valence-electron chi connectivity index (χ3n) is 3.43. The van der Waals surface area contributed by atoms with Crippen molar-refractivity contribution in [3.8, 4) is 0 Å². The first-order valence-electron chi connectivity index (χ1n) is 7.66. The molecule has 4 nitrogen and oxygen atoms in total. The van der Waals surface area contributed by atoms with Crippen molar-refractivity contribution in [2.75, 3.05) is 6.61 Å². The maximum atomic E-state index is 12.3. The van der Waals surface area contributed by atoms with E-state index in [1.54, 1.807) is 0 Å². The Morgan fingerprint density at radius 3 is 2.43 bits per heavy atom. The van der Waals surface area contributed by atoms with Crippen LogP contribution in [0.1, 0.15) is 30.5 Å². The average Bonchev–Trinajstić information content (AvgIpc) is 2.46. The van der Waals surface area contributed by atoms with Crippen LogP contribution in [0.3, 0.4) is 0 Å². The molecule has 1 aromatic carbocycles. The summed E-state index contributed by atoms with van der Waals surface area (Å²) in [6.07, 6.45) is 0.680. The summed E-state index contributed by atoms with van der Waals surface area (Å²) in [4.78, 5) is 15.0. The van der Waals surface area contributed by atoms with Crippen LogP contribution >= 0.6 is 12.2 Å². The molecule has 1 aromatic heterocycles. The molecule has 0 atom stereocenters. The molecule has 0 radical (unpaired) electrons. The summed E-state index contributed by atoms with van der Waals surface area (Å²) in [7, 11) is 0. The second kappa shape index (κ2) is 8.06. The van der Waals surface area contributed by atoms with Gasteiger partial charge in [-0.25, -0.2) is 0 Å². The first-order chi connectivity index (χ1) is 11.0. The number of aryl methyl sites for hydroxylation is 2. The molecule has 6 heteroatoms. The van der Waals surface area contributed by atoms with E-state index in [2.05, 4.69) is 37.0 Å². The van der Waals surface area contributed by atoms with E-state index in [1.165, 1.54) is 15.6 Å². The number of nitrogens with one attached hydrogen (secondary N) is 1. The summed E-state index contributed by atoms with van der Waals surface area (Å²) in [6.45, 7) is 9.12. The van der Waals surface area contributed by atoms with E-state index >= 15 is 0 Å². The predicted molar refractivity (Wildman–Crippen MR) is 97.8 cm³/mol. The van der Waals surface area contributed by atoms with E-state index in [-0.39, 0.29) is 20.5 Å². The predicted octanol–water partition coefficient (Wildman–Crippen LogP) is 1.73. The second-order valence-electron chi connectivity index (χ2n) is 5.37. The van der Waals surface area contributed by atoms with E-state index in [0.717, 1.165) is 10.2 Å². The number of benzene rings is 1. The molecule has 1 N–H and O–H groups in total. The monoisotopic (exact) mass is 398 g/mol. The first-order valence-corrected chi connectivity index (χ1v) is 9.78. The van der Waals surface area contributed by atoms with Gasteiger partial charge in [-0.05, 0) is 0 Å². The average molecular weight is 397 g/mol. The summed E-state index contributed by atoms with van der Waals surface area (Å²) in [5.74, 6) is 0. The Balaban J connectivity index is 2.57. The number of H-pyrrole nitrogens is 1. The number of ether oxygens (including phenoxy) is 1. The van der Waals surface area contributed by atoms with Crippen molar-refractivity contribution in [3.05, 3.63) is 50.0 Å². The van der Waals surface area contributed by atoms with E-state index < -0.39 is 0 Å². The van der Waals surface area contributed by atoms with Gasteiger partial charge in [0, 0.05) is 0 Å². The van der Waals surface area contributed by atoms with Crippen molar-refractivity contribution in [3.63, 3.8) is 0 Å². The van der Waals surface area contributed by atoms with Gasteiger partial charge in [-0.2, -0.15) is 0 Å². The molecule has 1 heterocycles. The van der Waals surface area contributed by atoms with Crippen molar-refractivity contribution in [2.45, 2.75) is 40.8 Å². The van der Waals surface area contributed by atoms with Gasteiger partial charge >= 0.3 is 148 Å². The van der Waals surface area contributed by atoms with Crippen LogP contribution in [0.15, 0.2) is 23.0 Å². The van der Waals surface area contributed by atoms with E-state index in [4.69, 9.17) is 17.0 Å². The molecular formula is C17H22N2O2SSe. The zero-order chi connectivity index (χ0) is 17.0. The fourth-order valence-corrected chi connectivity index (χ4v) is 5.58. The van der Waals surface area contributed by atoms with Crippen LogP contribution in [0.25, 0.3) is 0 Å². The molecule has 0 unspecified atom stereocenters. The van der Waals surface area contributed by atoms with Crippen molar-refractivity contribution >= 4 is 36.2 Å². The fraction of sp³-hybridized carbons (Fsp3) is 0.412. The van der Waals surface area contributed by atoms with Crippen molar-refractivity contribution in [1.82, 2.24) is 9.55 Å². The zero-order valence-electron chi connectivity index (χ0n) is 13.9. The molecule has 0 amide bonds. The minimum absolute atomic E-state index is 0.00104. The minimum atomic E-state index is -0.0773. The Morgan fingerprint density at radius 2 is 1.87 bits per heavy atom. The molecule has 0 saturated heterocycles. The van der Waals surface area contributed by atoms with Crippen LogP contribution in [-0.4, -0.2) is 31.1 Å². The van der Waals surface area contributed by atoms with Gasteiger partial charge in [-0.15, -0.1) is 0 Å². The Morgan fingerprint density at radius 1 is 1.22 bits per heavy atom. The fourth-order valence-electron chi connectivity index (χ4n) is 2.42. The van der Waals surface area contributed by atoms with Gasteiger partial charge in [0.05, 0.1) is 0 Å². The standard InChI is InChI=1S/C17H22N2O2SSe/c1-5-14-15(20)18-17(22)19(10-21-6-2)16(14)23-13-8-11(3)7-12(4)9-13/h7-9H,5-6,10H2,1-4H3,(H,18,20,22). The van der Waals surface area contributed by atoms with Crippen molar-refractivity contribution in [1.29, 1.82) is 0 Å². The molecule has 0 spiro atoms. The SMILES string of the molecule is CCOCn1c([Se]c2cc(C)cc(C)c2)c(CC)c(=O)[nH]c1=S. The topological polar surface area (TPSA) is 47.0 Å². The van der Waals surface area contributed by atoms with Crippen LogP contribution in [0.2, 0.25) is 0 Å². The third-order valence-corrected chi connectivity index (χ3v) is 6.13. The Hall–Kier alpha value is -1.20. The molecule has 2 aromatic rings. The molecule has 0 aliphatic carbocycles. The summed E-state index contributed by atoms with van der Waals surface area (Å²) in [5.41, 5.74) is 3.20. The molecule has 0 aliphatic heterocycles. The van der Waals surface area contributed by atoms with Gasteiger partial charge in [-0.1, -0.05) is 0 Å². The van der Waals surface area contributed by atoms with E-state index in [1.807, 2.05) is 18.4 Å². The maximum absolute atomic E-state index is 12.3. The van der Waals surface area contributed by atoms with Crippen LogP contribution in [0.5, 0.6) is 0 Å². The van der Waals surface area contributed by atoms with E-state index in [0.29, 0.717) is 24.5 Å². The van der Waals surface area contributed by atoms with Crippen molar-refractivity contribution < 1.29 is 4.74 Å². The number of aromatic amines is 1. The number of aromatic nitrogens is 2. The third kappa shape index (κ3) is 4.42. The summed E-state index contributed by atoms with van der Waals surface area (Å²) >= 11 is 5.35. The number of hydrogen-bond acceptors (Lipinski definition) is 3. The molecule has 0 saturated carbocycles. The van der Waals surface area contributed by atoms with E-state index in [9.17, 15) is 4.79 Å². The van der Waals surface area contributed by atoms with Gasteiger partial charge in [0.2, 0.25) is 0 Å². The van der Waals surface area contributed by atoms with Gasteiger partial charge < -0.3 is 0 Å². The van der Waals surface area contributed by atoms with Crippen LogP contribution < -0.4 is 14.6 Å². The van der Waals surface area contributed by atoms with Crippen molar-refractivity contribution in [2.24, 2.45) is 0 Å². The Bertz CT molecular complexity index is 791. The molecule has 0 bridgehead atoms. The number of hydrogen-bond donors (Lipinski definition) is 1. The molecule has 2 rings (SSSR count). The van der Waals surface area contributed by atoms with Gasteiger partial charge in [0.1, 0.15) is 0 Å². The summed E-state index contributed by atoms with van der Waals surface area (Å²) in [5, 5.41) is 0. The molecule has 124 valence electrons. The summed E-state index contributed by atoms with van der Waals surface area (Å²) in [6, 6.07) is 6.52. The van der Waals surface area contributed by atoms with Gasteiger partial charge in [0.15, 0.2) is 0 Å². The second-order valence-corrected chi connectivity index (χ2v) is 7.99. The van der Waals surface area contributed by atoms with Gasteiger partial charge in [0.25, 0.3) is 0 Å². The number of nitrogens with zero attached hydrogens (tertiary/aromatic N) is 1. The normalized spacial score (nSPS) is 11.0. The van der Waals surface area contributed by atoms with Crippen LogP contribution in [-0.2, 0) is 17.9 Å². The molecule has 23 heavy (non-hydrogen) atoms. The molecule has 0 aliphatic rings. The van der Waals surface area contributed by atoms with Gasteiger partial charge in [-0.3, -0.25) is 0 Å². The quantitative estimate of drug-likeness (QED) is 0.597. The van der Waals surface area contributed by atoms with Crippen LogP contribution in [0, 0.1) is 18.6 Å². The number of rotatable bonds is 6. The zero-order valence-corrected chi connectivity index (χ0v) is 16.5. The molecule has 0 fully saturated rings. The Kier molecular flexibility index (Phi) is 6.36. The first kappa shape index (κ1) is 18.1.